The number of methoxy groups -OCH3 is 1. The first kappa shape index (κ1) is 14.1. The number of rotatable bonds is 6. The Kier molecular flexibility index (Phi) is 5.01. The van der Waals surface area contributed by atoms with Crippen molar-refractivity contribution in [3.63, 3.8) is 0 Å². The van der Waals surface area contributed by atoms with Crippen molar-refractivity contribution in [1.82, 2.24) is 5.32 Å². The fraction of sp³-hybridized carbons (Fsp3) is 0.571. The number of nitrogens with one attached hydrogen (secondary N) is 1. The van der Waals surface area contributed by atoms with E-state index >= 15 is 0 Å². The van der Waals surface area contributed by atoms with Crippen LogP contribution in [0.25, 0.3) is 0 Å². The second-order valence-corrected chi connectivity index (χ2v) is 4.62. The third kappa shape index (κ3) is 3.83. The summed E-state index contributed by atoms with van der Waals surface area (Å²) < 4.78 is 16.1. The maximum absolute atomic E-state index is 10.1. The molecular weight excluding hydrogens is 246 g/mol. The third-order valence-electron chi connectivity index (χ3n) is 3.12. The molecule has 0 bridgehead atoms. The van der Waals surface area contributed by atoms with Crippen LogP contribution in [0, 0.1) is 0 Å². The Bertz CT molecular complexity index is 410. The predicted octanol–water partition coefficient (Wildman–Crippen LogP) is 1.12. The molecule has 0 spiro atoms. The summed E-state index contributed by atoms with van der Waals surface area (Å²) in [4.78, 5) is 0. The minimum atomic E-state index is -0.570. The molecule has 2 N–H and O–H groups in total. The molecule has 2 unspecified atom stereocenters. The molecule has 1 heterocycles. The smallest absolute Gasteiger partial charge is 0.161 e. The lowest BCUT2D eigenvalue weighted by Gasteiger charge is -2.20. The van der Waals surface area contributed by atoms with Gasteiger partial charge in [0.1, 0.15) is 13.2 Å². The number of hydrogen-bond acceptors (Lipinski definition) is 5. The van der Waals surface area contributed by atoms with Crippen LogP contribution in [0.3, 0.4) is 0 Å². The van der Waals surface area contributed by atoms with Crippen LogP contribution in [-0.2, 0) is 4.74 Å². The van der Waals surface area contributed by atoms with Gasteiger partial charge in [-0.05, 0) is 24.6 Å². The lowest BCUT2D eigenvalue weighted by Crippen LogP contribution is -2.29. The molecule has 1 aliphatic heterocycles. The maximum Gasteiger partial charge on any atom is 0.161 e. The molecule has 0 radical (unpaired) electrons. The van der Waals surface area contributed by atoms with Crippen LogP contribution in [-0.4, -0.2) is 44.6 Å². The molecule has 106 valence electrons. The Morgan fingerprint density at radius 2 is 2.00 bits per heavy atom. The van der Waals surface area contributed by atoms with Gasteiger partial charge in [-0.15, -0.1) is 0 Å². The van der Waals surface area contributed by atoms with Gasteiger partial charge >= 0.3 is 0 Å². The van der Waals surface area contributed by atoms with Crippen molar-refractivity contribution in [2.75, 3.05) is 33.4 Å². The molecule has 1 aromatic rings. The van der Waals surface area contributed by atoms with Crippen molar-refractivity contribution < 1.29 is 19.3 Å². The molecule has 0 amide bonds. The molecule has 0 saturated heterocycles. The first-order valence-electron chi connectivity index (χ1n) is 6.52. The number of benzene rings is 1. The van der Waals surface area contributed by atoms with E-state index in [0.717, 1.165) is 11.3 Å². The Labute approximate surface area is 113 Å². The molecule has 0 fully saturated rings. The Hall–Kier alpha value is -1.30. The Balaban J connectivity index is 1.90. The molecule has 0 aliphatic carbocycles. The van der Waals surface area contributed by atoms with Gasteiger partial charge in [0.05, 0.1) is 12.2 Å². The van der Waals surface area contributed by atoms with Crippen LogP contribution in [0.1, 0.15) is 18.6 Å². The van der Waals surface area contributed by atoms with E-state index in [4.69, 9.17) is 14.2 Å². The summed E-state index contributed by atoms with van der Waals surface area (Å²) in [5.41, 5.74) is 0.821. The van der Waals surface area contributed by atoms with E-state index in [9.17, 15) is 5.11 Å². The van der Waals surface area contributed by atoms with Crippen molar-refractivity contribution in [2.45, 2.75) is 19.1 Å². The molecule has 0 aromatic heterocycles. The zero-order valence-corrected chi connectivity index (χ0v) is 11.4. The summed E-state index contributed by atoms with van der Waals surface area (Å²) in [6, 6.07) is 5.53. The third-order valence-corrected chi connectivity index (χ3v) is 3.12. The zero-order chi connectivity index (χ0) is 13.7. The van der Waals surface area contributed by atoms with E-state index in [1.807, 2.05) is 25.1 Å². The van der Waals surface area contributed by atoms with Gasteiger partial charge in [0.25, 0.3) is 0 Å². The van der Waals surface area contributed by atoms with E-state index in [1.54, 1.807) is 7.11 Å². The maximum atomic E-state index is 10.1. The number of hydrogen-bond donors (Lipinski definition) is 2. The fourth-order valence-electron chi connectivity index (χ4n) is 1.89. The van der Waals surface area contributed by atoms with E-state index in [2.05, 4.69) is 5.32 Å². The zero-order valence-electron chi connectivity index (χ0n) is 11.4. The lowest BCUT2D eigenvalue weighted by atomic mass is 10.1. The second-order valence-electron chi connectivity index (χ2n) is 4.62. The molecule has 1 aromatic carbocycles. The van der Waals surface area contributed by atoms with E-state index in [1.165, 1.54) is 0 Å². The quantitative estimate of drug-likeness (QED) is 0.808. The van der Waals surface area contributed by atoms with Crippen LogP contribution >= 0.6 is 0 Å². The topological polar surface area (TPSA) is 60.0 Å². The number of fused-ring (bicyclic) bond motifs is 1. The Morgan fingerprint density at radius 1 is 1.26 bits per heavy atom. The number of aliphatic hydroxyl groups is 1. The summed E-state index contributed by atoms with van der Waals surface area (Å²) in [5.74, 6) is 1.44. The Morgan fingerprint density at radius 3 is 2.74 bits per heavy atom. The second kappa shape index (κ2) is 6.75. The van der Waals surface area contributed by atoms with Gasteiger partial charge in [0.2, 0.25) is 0 Å². The highest BCUT2D eigenvalue weighted by molar-refractivity contribution is 5.44. The van der Waals surface area contributed by atoms with Crippen LogP contribution in [0.4, 0.5) is 0 Å². The van der Waals surface area contributed by atoms with Crippen LogP contribution in [0.15, 0.2) is 18.2 Å². The molecule has 5 nitrogen and oxygen atoms in total. The average molecular weight is 267 g/mol. The van der Waals surface area contributed by atoms with Gasteiger partial charge in [-0.25, -0.2) is 0 Å². The molecule has 0 saturated carbocycles. The fourth-order valence-corrected chi connectivity index (χ4v) is 1.89. The van der Waals surface area contributed by atoms with Gasteiger partial charge in [0.15, 0.2) is 11.5 Å². The summed E-state index contributed by atoms with van der Waals surface area (Å²) in [7, 11) is 1.67. The molecule has 1 aliphatic rings. The van der Waals surface area contributed by atoms with Gasteiger partial charge in [0, 0.05) is 20.2 Å². The van der Waals surface area contributed by atoms with Gasteiger partial charge in [-0.2, -0.15) is 0 Å². The largest absolute Gasteiger partial charge is 0.486 e. The van der Waals surface area contributed by atoms with Gasteiger partial charge in [-0.3, -0.25) is 0 Å². The minimum Gasteiger partial charge on any atom is -0.486 e. The highest BCUT2D eigenvalue weighted by Gasteiger charge is 2.15. The van der Waals surface area contributed by atoms with Crippen LogP contribution < -0.4 is 14.8 Å². The molecular formula is C14H21NO4. The highest BCUT2D eigenvalue weighted by atomic mass is 16.6. The summed E-state index contributed by atoms with van der Waals surface area (Å²) in [5, 5.41) is 13.3. The first-order valence-corrected chi connectivity index (χ1v) is 6.52. The van der Waals surface area contributed by atoms with E-state index in [0.29, 0.717) is 32.1 Å². The lowest BCUT2D eigenvalue weighted by molar-refractivity contribution is 0.109. The van der Waals surface area contributed by atoms with Crippen molar-refractivity contribution in [2.24, 2.45) is 0 Å². The van der Waals surface area contributed by atoms with Crippen molar-refractivity contribution in [3.8, 4) is 11.5 Å². The SMILES string of the molecule is COC(C)CNCC(O)c1ccc2c(c1)OCCO2. The van der Waals surface area contributed by atoms with Gasteiger partial charge in [-0.1, -0.05) is 6.07 Å². The predicted molar refractivity (Wildman–Crippen MR) is 71.7 cm³/mol. The van der Waals surface area contributed by atoms with Crippen LogP contribution in [0.2, 0.25) is 0 Å². The summed E-state index contributed by atoms with van der Waals surface area (Å²) in [6.07, 6.45) is -0.438. The van der Waals surface area contributed by atoms with E-state index < -0.39 is 6.10 Å². The summed E-state index contributed by atoms with van der Waals surface area (Å²) >= 11 is 0. The van der Waals surface area contributed by atoms with Crippen LogP contribution in [0.5, 0.6) is 11.5 Å². The minimum absolute atomic E-state index is 0.132. The normalized spacial score (nSPS) is 17.0. The van der Waals surface area contributed by atoms with Crippen molar-refractivity contribution >= 4 is 0 Å². The standard InChI is InChI=1S/C14H21NO4/c1-10(17-2)8-15-9-12(16)11-3-4-13-14(7-11)19-6-5-18-13/h3-4,7,10,12,15-16H,5-6,8-9H2,1-2H3. The van der Waals surface area contributed by atoms with Crippen molar-refractivity contribution in [1.29, 1.82) is 0 Å². The average Bonchev–Trinajstić information content (AvgIpc) is 2.46. The summed E-state index contributed by atoms with van der Waals surface area (Å²) in [6.45, 7) is 4.29. The van der Waals surface area contributed by atoms with Gasteiger partial charge < -0.3 is 24.6 Å². The van der Waals surface area contributed by atoms with E-state index in [-0.39, 0.29) is 6.10 Å². The molecule has 2 atom stereocenters. The first-order chi connectivity index (χ1) is 9.20. The number of ether oxygens (including phenoxy) is 3. The van der Waals surface area contributed by atoms with Crippen molar-refractivity contribution in [3.05, 3.63) is 23.8 Å². The molecule has 5 heteroatoms. The highest BCUT2D eigenvalue weighted by Crippen LogP contribution is 2.32. The number of aliphatic hydroxyl groups excluding tert-OH is 1. The monoisotopic (exact) mass is 267 g/mol. The molecule has 19 heavy (non-hydrogen) atoms. The molecule has 2 rings (SSSR count).